The highest BCUT2D eigenvalue weighted by Gasteiger charge is 2.21. The lowest BCUT2D eigenvalue weighted by Gasteiger charge is -2.09. The van der Waals surface area contributed by atoms with Crippen LogP contribution in [0, 0.1) is 12.7 Å². The Bertz CT molecular complexity index is 897. The van der Waals surface area contributed by atoms with Crippen molar-refractivity contribution in [2.75, 3.05) is 0 Å². The van der Waals surface area contributed by atoms with Gasteiger partial charge in [-0.2, -0.15) is 0 Å². The first-order chi connectivity index (χ1) is 12.4. The van der Waals surface area contributed by atoms with Crippen molar-refractivity contribution < 1.29 is 17.6 Å². The average Bonchev–Trinajstić information content (AvgIpc) is 2.97. The number of hydrogen-bond acceptors (Lipinski definition) is 4. The Hall–Kier alpha value is -1.77. The van der Waals surface area contributed by atoms with Gasteiger partial charge in [0.1, 0.15) is 10.7 Å². The zero-order chi connectivity index (χ0) is 18.7. The molecule has 26 heavy (non-hydrogen) atoms. The van der Waals surface area contributed by atoms with E-state index in [4.69, 9.17) is 0 Å². The molecule has 0 bridgehead atoms. The van der Waals surface area contributed by atoms with Crippen molar-refractivity contribution in [1.82, 2.24) is 10.3 Å². The van der Waals surface area contributed by atoms with Crippen molar-refractivity contribution in [2.24, 2.45) is 0 Å². The SMILES string of the molecule is Cc1ccc(F)c(S(=O)(=O)NNC(=O)c2cc3c(s2)CCCCCC3)c1. The predicted molar refractivity (Wildman–Crippen MR) is 99.1 cm³/mol. The molecule has 2 aromatic rings. The maximum Gasteiger partial charge on any atom is 0.276 e. The Balaban J connectivity index is 1.72. The number of rotatable bonds is 4. The second kappa shape index (κ2) is 7.85. The number of benzene rings is 1. The molecule has 0 saturated carbocycles. The first-order valence-corrected chi connectivity index (χ1v) is 10.9. The van der Waals surface area contributed by atoms with Gasteiger partial charge in [0.2, 0.25) is 0 Å². The highest BCUT2D eigenvalue weighted by atomic mass is 32.2. The molecule has 5 nitrogen and oxygen atoms in total. The van der Waals surface area contributed by atoms with Crippen LogP contribution in [-0.4, -0.2) is 14.3 Å². The molecule has 2 N–H and O–H groups in total. The van der Waals surface area contributed by atoms with Crippen molar-refractivity contribution in [3.05, 3.63) is 51.0 Å². The maximum atomic E-state index is 13.8. The zero-order valence-electron chi connectivity index (χ0n) is 14.5. The lowest BCUT2D eigenvalue weighted by Crippen LogP contribution is -2.41. The van der Waals surface area contributed by atoms with E-state index in [0.717, 1.165) is 31.7 Å². The van der Waals surface area contributed by atoms with Crippen molar-refractivity contribution in [1.29, 1.82) is 0 Å². The number of hydrazine groups is 1. The lowest BCUT2D eigenvalue weighted by atomic mass is 10.00. The Kier molecular flexibility index (Phi) is 5.74. The van der Waals surface area contributed by atoms with Crippen LogP contribution >= 0.6 is 11.3 Å². The summed E-state index contributed by atoms with van der Waals surface area (Å²) in [6.45, 7) is 1.67. The summed E-state index contributed by atoms with van der Waals surface area (Å²) in [5.41, 5.74) is 3.97. The van der Waals surface area contributed by atoms with E-state index < -0.39 is 26.6 Å². The third kappa shape index (κ3) is 4.31. The summed E-state index contributed by atoms with van der Waals surface area (Å²) in [4.78, 5) is 15.5. The van der Waals surface area contributed by atoms with Crippen LogP contribution in [0.2, 0.25) is 0 Å². The van der Waals surface area contributed by atoms with Crippen LogP contribution in [0.3, 0.4) is 0 Å². The number of carbonyl (C=O) groups excluding carboxylic acids is 1. The second-order valence-corrected chi connectivity index (χ2v) is 9.25. The molecular formula is C18H21FN2O3S2. The van der Waals surface area contributed by atoms with E-state index in [2.05, 4.69) is 5.43 Å². The van der Waals surface area contributed by atoms with E-state index in [-0.39, 0.29) is 0 Å². The molecule has 1 aliphatic carbocycles. The minimum absolute atomic E-state index is 0.462. The third-order valence-electron chi connectivity index (χ3n) is 4.40. The fraction of sp³-hybridized carbons (Fsp3) is 0.389. The summed E-state index contributed by atoms with van der Waals surface area (Å²) in [6.07, 6.45) is 6.49. The molecule has 0 unspecified atom stereocenters. The Labute approximate surface area is 156 Å². The van der Waals surface area contributed by atoms with E-state index in [9.17, 15) is 17.6 Å². The van der Waals surface area contributed by atoms with Crippen LogP contribution in [0.25, 0.3) is 0 Å². The number of fused-ring (bicyclic) bond motifs is 1. The topological polar surface area (TPSA) is 75.3 Å². The first-order valence-electron chi connectivity index (χ1n) is 8.57. The molecule has 3 rings (SSSR count). The molecule has 0 saturated heterocycles. The van der Waals surface area contributed by atoms with Crippen molar-refractivity contribution in [2.45, 2.75) is 50.3 Å². The summed E-state index contributed by atoms with van der Waals surface area (Å²) >= 11 is 1.40. The summed E-state index contributed by atoms with van der Waals surface area (Å²) in [5, 5.41) is 0. The van der Waals surface area contributed by atoms with Gasteiger partial charge in [0, 0.05) is 4.88 Å². The molecule has 1 aliphatic rings. The number of nitrogens with one attached hydrogen (secondary N) is 2. The molecule has 1 aromatic heterocycles. The summed E-state index contributed by atoms with van der Waals surface area (Å²) in [7, 11) is -4.18. The lowest BCUT2D eigenvalue weighted by molar-refractivity contribution is 0.0949. The second-order valence-electron chi connectivity index (χ2n) is 6.47. The molecule has 0 aliphatic heterocycles. The molecule has 1 aromatic carbocycles. The van der Waals surface area contributed by atoms with E-state index >= 15 is 0 Å². The van der Waals surface area contributed by atoms with Crippen LogP contribution in [0.4, 0.5) is 4.39 Å². The number of amides is 1. The quantitative estimate of drug-likeness (QED) is 0.777. The maximum absolute atomic E-state index is 13.8. The van der Waals surface area contributed by atoms with E-state index in [1.165, 1.54) is 46.8 Å². The van der Waals surface area contributed by atoms with E-state index in [0.29, 0.717) is 10.4 Å². The molecule has 0 spiro atoms. The minimum Gasteiger partial charge on any atom is -0.273 e. The number of sulfonamides is 1. The zero-order valence-corrected chi connectivity index (χ0v) is 16.1. The van der Waals surface area contributed by atoms with Crippen LogP contribution in [0.5, 0.6) is 0 Å². The van der Waals surface area contributed by atoms with Crippen LogP contribution in [0.15, 0.2) is 29.2 Å². The average molecular weight is 397 g/mol. The van der Waals surface area contributed by atoms with Gasteiger partial charge in [-0.3, -0.25) is 10.2 Å². The molecule has 8 heteroatoms. The number of thiophene rings is 1. The molecular weight excluding hydrogens is 375 g/mol. The number of hydrogen-bond donors (Lipinski definition) is 2. The van der Waals surface area contributed by atoms with Gasteiger partial charge in [0.25, 0.3) is 15.9 Å². The molecule has 0 fully saturated rings. The Morgan fingerprint density at radius 2 is 1.85 bits per heavy atom. The van der Waals surface area contributed by atoms with Gasteiger partial charge < -0.3 is 0 Å². The Morgan fingerprint density at radius 3 is 2.62 bits per heavy atom. The van der Waals surface area contributed by atoms with Crippen molar-refractivity contribution in [3.8, 4) is 0 Å². The highest BCUT2D eigenvalue weighted by molar-refractivity contribution is 7.89. The summed E-state index contributed by atoms with van der Waals surface area (Å²) in [6, 6.07) is 5.63. The minimum atomic E-state index is -4.18. The van der Waals surface area contributed by atoms with E-state index in [1.807, 2.05) is 10.9 Å². The van der Waals surface area contributed by atoms with Crippen LogP contribution < -0.4 is 10.3 Å². The van der Waals surface area contributed by atoms with Gasteiger partial charge >= 0.3 is 0 Å². The standard InChI is InChI=1S/C18H21FN2O3S2/c1-12-8-9-14(19)17(10-12)26(23,24)21-20-18(22)16-11-13-6-4-2-3-5-7-15(13)25-16/h8-11,21H,2-7H2,1H3,(H,20,22). The van der Waals surface area contributed by atoms with Gasteiger partial charge in [0.05, 0.1) is 4.88 Å². The monoisotopic (exact) mass is 396 g/mol. The first kappa shape index (κ1) is 19.0. The van der Waals surface area contributed by atoms with Gasteiger partial charge in [-0.05, 0) is 61.9 Å². The number of aryl methyl sites for hydroxylation is 3. The van der Waals surface area contributed by atoms with E-state index in [1.54, 1.807) is 6.92 Å². The molecule has 0 radical (unpaired) electrons. The van der Waals surface area contributed by atoms with Gasteiger partial charge in [-0.25, -0.2) is 12.8 Å². The van der Waals surface area contributed by atoms with Crippen LogP contribution in [-0.2, 0) is 22.9 Å². The third-order valence-corrected chi connectivity index (χ3v) is 6.89. The normalized spacial score (nSPS) is 15.0. The molecule has 140 valence electrons. The summed E-state index contributed by atoms with van der Waals surface area (Å²) in [5.74, 6) is -1.39. The Morgan fingerprint density at radius 1 is 1.12 bits per heavy atom. The highest BCUT2D eigenvalue weighted by Crippen LogP contribution is 2.28. The molecule has 1 heterocycles. The van der Waals surface area contributed by atoms with Crippen molar-refractivity contribution >= 4 is 27.3 Å². The number of halogens is 1. The predicted octanol–water partition coefficient (Wildman–Crippen LogP) is 3.48. The van der Waals surface area contributed by atoms with Crippen LogP contribution in [0.1, 0.15) is 51.4 Å². The van der Waals surface area contributed by atoms with Gasteiger partial charge in [0.15, 0.2) is 0 Å². The fourth-order valence-corrected chi connectivity index (χ4v) is 5.15. The fourth-order valence-electron chi connectivity index (χ4n) is 3.00. The molecule has 0 atom stereocenters. The van der Waals surface area contributed by atoms with Gasteiger partial charge in [-0.15, -0.1) is 16.2 Å². The largest absolute Gasteiger partial charge is 0.276 e. The smallest absolute Gasteiger partial charge is 0.273 e. The molecule has 1 amide bonds. The van der Waals surface area contributed by atoms with Gasteiger partial charge in [-0.1, -0.05) is 18.9 Å². The van der Waals surface area contributed by atoms with Crippen molar-refractivity contribution in [3.63, 3.8) is 0 Å². The summed E-state index contributed by atoms with van der Waals surface area (Å²) < 4.78 is 38.3. The number of carbonyl (C=O) groups is 1.